The summed E-state index contributed by atoms with van der Waals surface area (Å²) in [5, 5.41) is 43.9. The summed E-state index contributed by atoms with van der Waals surface area (Å²) in [6.07, 6.45) is 65.5. The number of amides is 1. The molecule has 6 heteroatoms. The zero-order chi connectivity index (χ0) is 47.4. The molecule has 0 spiro atoms. The summed E-state index contributed by atoms with van der Waals surface area (Å²) < 4.78 is 0. The molecule has 0 fully saturated rings. The Morgan fingerprint density at radius 1 is 0.385 bits per heavy atom. The van der Waals surface area contributed by atoms with Crippen LogP contribution in [0.4, 0.5) is 0 Å². The van der Waals surface area contributed by atoms with Gasteiger partial charge in [-0.05, 0) is 44.9 Å². The van der Waals surface area contributed by atoms with Crippen molar-refractivity contribution in [2.75, 3.05) is 6.61 Å². The van der Waals surface area contributed by atoms with Gasteiger partial charge >= 0.3 is 0 Å². The van der Waals surface area contributed by atoms with E-state index >= 15 is 0 Å². The third kappa shape index (κ3) is 47.6. The first-order chi connectivity index (χ1) is 32.0. The molecule has 0 aliphatic rings. The monoisotopic (exact) mass is 918 g/mol. The number of aliphatic hydroxyl groups excluding tert-OH is 4. The van der Waals surface area contributed by atoms with Gasteiger partial charge in [0.15, 0.2) is 0 Å². The Morgan fingerprint density at radius 2 is 0.662 bits per heavy atom. The normalized spacial score (nSPS) is 13.9. The second-order valence-electron chi connectivity index (χ2n) is 20.3. The molecule has 1 amide bonds. The van der Waals surface area contributed by atoms with Crippen LogP contribution in [-0.4, -0.2) is 57.3 Å². The van der Waals surface area contributed by atoms with Crippen molar-refractivity contribution in [1.82, 2.24) is 5.32 Å². The highest BCUT2D eigenvalue weighted by atomic mass is 16.3. The van der Waals surface area contributed by atoms with Gasteiger partial charge in [-0.2, -0.15) is 0 Å². The third-order valence-electron chi connectivity index (χ3n) is 13.9. The van der Waals surface area contributed by atoms with Crippen LogP contribution in [0.2, 0.25) is 0 Å². The highest BCUT2D eigenvalue weighted by molar-refractivity contribution is 5.80. The van der Waals surface area contributed by atoms with Crippen LogP contribution in [0.5, 0.6) is 0 Å². The average Bonchev–Trinajstić information content (AvgIpc) is 3.31. The summed E-state index contributed by atoms with van der Waals surface area (Å²) >= 11 is 0. The maximum absolute atomic E-state index is 12.6. The molecule has 5 N–H and O–H groups in total. The summed E-state index contributed by atoms with van der Waals surface area (Å²) in [6.45, 7) is 4.07. The predicted molar refractivity (Wildman–Crippen MR) is 284 cm³/mol. The zero-order valence-corrected chi connectivity index (χ0v) is 43.8. The lowest BCUT2D eigenvalue weighted by Crippen LogP contribution is -2.53. The molecule has 4 unspecified atom stereocenters. The Morgan fingerprint density at radius 3 is 0.969 bits per heavy atom. The quantitative estimate of drug-likeness (QED) is 0.0308. The smallest absolute Gasteiger partial charge is 0.249 e. The summed E-state index contributed by atoms with van der Waals surface area (Å²) in [5.74, 6) is -0.580. The molecule has 0 aromatic heterocycles. The van der Waals surface area contributed by atoms with Crippen LogP contribution in [0, 0.1) is 0 Å². The minimum absolute atomic E-state index is 0.372. The van der Waals surface area contributed by atoms with E-state index in [0.29, 0.717) is 12.8 Å². The Kier molecular flexibility index (Phi) is 52.7. The van der Waals surface area contributed by atoms with Crippen LogP contribution in [-0.2, 0) is 4.79 Å². The molecule has 386 valence electrons. The Bertz CT molecular complexity index is 986. The number of hydrogen-bond donors (Lipinski definition) is 5. The van der Waals surface area contributed by atoms with Gasteiger partial charge in [0.25, 0.3) is 0 Å². The predicted octanol–water partition coefficient (Wildman–Crippen LogP) is 17.0. The van der Waals surface area contributed by atoms with Gasteiger partial charge in [-0.15, -0.1) is 0 Å². The lowest BCUT2D eigenvalue weighted by Gasteiger charge is -2.27. The van der Waals surface area contributed by atoms with E-state index in [4.69, 9.17) is 0 Å². The maximum atomic E-state index is 12.6. The van der Waals surface area contributed by atoms with Crippen LogP contribution in [0.15, 0.2) is 24.3 Å². The molecule has 0 bridgehead atoms. The number of aliphatic hydroxyl groups is 4. The molecule has 0 aromatic rings. The van der Waals surface area contributed by atoms with E-state index in [9.17, 15) is 25.2 Å². The Hall–Kier alpha value is -1.21. The molecule has 6 nitrogen and oxygen atoms in total. The summed E-state index contributed by atoms with van der Waals surface area (Å²) in [4.78, 5) is 12.6. The number of rotatable bonds is 54. The van der Waals surface area contributed by atoms with Crippen molar-refractivity contribution in [3.8, 4) is 0 Å². The van der Waals surface area contributed by atoms with Crippen molar-refractivity contribution < 1.29 is 25.2 Å². The fraction of sp³-hybridized carbons (Fsp3) is 0.915. The van der Waals surface area contributed by atoms with Crippen molar-refractivity contribution >= 4 is 5.91 Å². The number of hydrogen-bond acceptors (Lipinski definition) is 5. The van der Waals surface area contributed by atoms with Gasteiger partial charge in [0.05, 0.1) is 18.8 Å². The zero-order valence-electron chi connectivity index (χ0n) is 43.8. The molecular weight excluding hydrogens is 803 g/mol. The molecular formula is C59H115NO5. The third-order valence-corrected chi connectivity index (χ3v) is 13.9. The SMILES string of the molecule is CCCCCCCCCCCCCCC/C=C\C/C=C\CCCCCCCCCCCCCCCCCCC(O)C(=O)NC(CO)C(O)C(O)CCCCCCCCCCCCCCC. The summed E-state index contributed by atoms with van der Waals surface area (Å²) in [6, 6.07) is -0.983. The topological polar surface area (TPSA) is 110 Å². The van der Waals surface area contributed by atoms with E-state index in [2.05, 4.69) is 43.5 Å². The van der Waals surface area contributed by atoms with E-state index in [0.717, 1.165) is 44.9 Å². The molecule has 0 radical (unpaired) electrons. The lowest BCUT2D eigenvalue weighted by molar-refractivity contribution is -0.132. The molecule has 0 aliphatic carbocycles. The van der Waals surface area contributed by atoms with Gasteiger partial charge in [0.2, 0.25) is 5.91 Å². The van der Waals surface area contributed by atoms with Crippen molar-refractivity contribution in [3.05, 3.63) is 24.3 Å². The van der Waals surface area contributed by atoms with Crippen LogP contribution in [0.3, 0.4) is 0 Å². The first-order valence-corrected chi connectivity index (χ1v) is 29.2. The van der Waals surface area contributed by atoms with E-state index < -0.39 is 36.9 Å². The number of allylic oxidation sites excluding steroid dienone is 4. The minimum atomic E-state index is -1.26. The second-order valence-corrected chi connectivity index (χ2v) is 20.3. The fourth-order valence-electron chi connectivity index (χ4n) is 9.32. The van der Waals surface area contributed by atoms with Crippen molar-refractivity contribution in [2.24, 2.45) is 0 Å². The van der Waals surface area contributed by atoms with E-state index in [1.165, 1.54) is 244 Å². The average molecular weight is 919 g/mol. The fourth-order valence-corrected chi connectivity index (χ4v) is 9.32. The summed E-state index contributed by atoms with van der Waals surface area (Å²) in [7, 11) is 0. The van der Waals surface area contributed by atoms with Crippen molar-refractivity contribution in [1.29, 1.82) is 0 Å². The van der Waals surface area contributed by atoms with E-state index in [1.807, 2.05) is 0 Å². The Balaban J connectivity index is 3.53. The van der Waals surface area contributed by atoms with E-state index in [-0.39, 0.29) is 0 Å². The van der Waals surface area contributed by atoms with Gasteiger partial charge < -0.3 is 25.7 Å². The first kappa shape index (κ1) is 63.8. The number of carbonyl (C=O) groups excluding carboxylic acids is 1. The van der Waals surface area contributed by atoms with Crippen LogP contribution < -0.4 is 5.32 Å². The lowest BCUT2D eigenvalue weighted by atomic mass is 9.99. The maximum Gasteiger partial charge on any atom is 0.249 e. The van der Waals surface area contributed by atoms with Gasteiger partial charge in [0, 0.05) is 0 Å². The minimum Gasteiger partial charge on any atom is -0.394 e. The van der Waals surface area contributed by atoms with Crippen LogP contribution in [0.25, 0.3) is 0 Å². The van der Waals surface area contributed by atoms with Crippen molar-refractivity contribution in [2.45, 2.75) is 340 Å². The molecule has 0 saturated carbocycles. The van der Waals surface area contributed by atoms with Crippen molar-refractivity contribution in [3.63, 3.8) is 0 Å². The molecule has 65 heavy (non-hydrogen) atoms. The molecule has 0 heterocycles. The largest absolute Gasteiger partial charge is 0.394 e. The van der Waals surface area contributed by atoms with Gasteiger partial charge in [0.1, 0.15) is 12.2 Å². The second kappa shape index (κ2) is 53.7. The molecule has 0 saturated heterocycles. The highest BCUT2D eigenvalue weighted by Gasteiger charge is 2.28. The molecule has 0 aromatic carbocycles. The van der Waals surface area contributed by atoms with Crippen LogP contribution >= 0.6 is 0 Å². The molecule has 0 aliphatic heterocycles. The highest BCUT2D eigenvalue weighted by Crippen LogP contribution is 2.18. The standard InChI is InChI=1S/C59H115NO5/c1-3-5-7-9-11-13-15-17-18-19-20-21-22-23-24-25-26-27-28-29-30-31-32-33-34-35-36-37-38-39-41-43-45-47-49-51-53-57(63)59(65)60-55(54-61)58(64)56(62)52-50-48-46-44-42-40-16-14-12-10-8-6-4-2/h24-25,27-28,55-58,61-64H,3-23,26,29-54H2,1-2H3,(H,60,65)/b25-24-,28-27-. The molecule has 0 rings (SSSR count). The number of carbonyl (C=O) groups is 1. The summed E-state index contributed by atoms with van der Waals surface area (Å²) in [5.41, 5.74) is 0. The van der Waals surface area contributed by atoms with Gasteiger partial charge in [-0.1, -0.05) is 295 Å². The number of nitrogens with one attached hydrogen (secondary N) is 1. The van der Waals surface area contributed by atoms with Gasteiger partial charge in [-0.3, -0.25) is 4.79 Å². The first-order valence-electron chi connectivity index (χ1n) is 29.2. The Labute approximate surface area is 405 Å². The number of unbranched alkanes of at least 4 members (excludes halogenated alkanes) is 41. The van der Waals surface area contributed by atoms with Crippen LogP contribution in [0.1, 0.15) is 316 Å². The molecule has 4 atom stereocenters. The van der Waals surface area contributed by atoms with E-state index in [1.54, 1.807) is 0 Å². The van der Waals surface area contributed by atoms with Gasteiger partial charge in [-0.25, -0.2) is 0 Å².